The first-order valence-corrected chi connectivity index (χ1v) is 13.6. The number of hydrogen-bond donors (Lipinski definition) is 1. The van der Waals surface area contributed by atoms with Gasteiger partial charge < -0.3 is 9.52 Å². The van der Waals surface area contributed by atoms with Gasteiger partial charge in [0.1, 0.15) is 11.3 Å². The molecule has 1 N–H and O–H groups in total. The first-order valence-electron chi connectivity index (χ1n) is 13.6. The highest BCUT2D eigenvalue weighted by molar-refractivity contribution is 5.95. The van der Waals surface area contributed by atoms with Crippen molar-refractivity contribution in [3.8, 4) is 39.6 Å². The molecule has 0 saturated carbocycles. The average molecular weight is 525 g/mol. The van der Waals surface area contributed by atoms with E-state index in [-0.39, 0.29) is 17.1 Å². The van der Waals surface area contributed by atoms with Gasteiger partial charge in [-0.1, -0.05) is 100 Å². The van der Waals surface area contributed by atoms with Crippen LogP contribution in [0.5, 0.6) is 5.75 Å². The summed E-state index contributed by atoms with van der Waals surface area (Å²) in [4.78, 5) is 9.58. The smallest absolute Gasteiger partial charge is 0.231 e. The van der Waals surface area contributed by atoms with Gasteiger partial charge >= 0.3 is 0 Å². The van der Waals surface area contributed by atoms with Crippen LogP contribution in [0.15, 0.2) is 114 Å². The van der Waals surface area contributed by atoms with Crippen molar-refractivity contribution in [3.63, 3.8) is 0 Å². The maximum atomic E-state index is 10.9. The van der Waals surface area contributed by atoms with E-state index in [2.05, 4.69) is 87.3 Å². The third-order valence-corrected chi connectivity index (χ3v) is 7.57. The fourth-order valence-electron chi connectivity index (χ4n) is 5.19. The normalized spacial score (nSPS) is 12.5. The molecular formula is C36H32N2O2. The molecule has 4 heteroatoms. The molecule has 0 saturated heterocycles. The standard InChI is InChI=1S/C36H32N2O2/c1-23(24-11-6-5-7-12-24)28-17-18-29(25-13-10-14-26(21-25)31-15-8-9-20-37-31)33-34(28)40-35(38-33)30-22-27(36(2,3)4)16-19-32(30)39/h5-23,39H,1-4H3. The van der Waals surface area contributed by atoms with Gasteiger partial charge in [0.25, 0.3) is 0 Å². The van der Waals surface area contributed by atoms with Crippen molar-refractivity contribution in [2.24, 2.45) is 0 Å². The molecule has 40 heavy (non-hydrogen) atoms. The quantitative estimate of drug-likeness (QED) is 0.244. The van der Waals surface area contributed by atoms with E-state index in [4.69, 9.17) is 9.40 Å². The Morgan fingerprint density at radius 2 is 1.52 bits per heavy atom. The van der Waals surface area contributed by atoms with Crippen LogP contribution in [0.1, 0.15) is 50.3 Å². The summed E-state index contributed by atoms with van der Waals surface area (Å²) in [6.45, 7) is 8.65. The number of rotatable bonds is 5. The summed E-state index contributed by atoms with van der Waals surface area (Å²) in [7, 11) is 0. The fraction of sp³-hybridized carbons (Fsp3) is 0.167. The summed E-state index contributed by atoms with van der Waals surface area (Å²) >= 11 is 0. The second-order valence-electron chi connectivity index (χ2n) is 11.3. The van der Waals surface area contributed by atoms with E-state index in [1.54, 1.807) is 6.07 Å². The Morgan fingerprint density at radius 3 is 2.27 bits per heavy atom. The van der Waals surface area contributed by atoms with Gasteiger partial charge in [0.15, 0.2) is 5.58 Å². The zero-order valence-electron chi connectivity index (χ0n) is 23.2. The molecule has 4 nitrogen and oxygen atoms in total. The predicted octanol–water partition coefficient (Wildman–Crippen LogP) is 9.38. The van der Waals surface area contributed by atoms with Gasteiger partial charge in [0.2, 0.25) is 5.89 Å². The van der Waals surface area contributed by atoms with Crippen LogP contribution >= 0.6 is 0 Å². The number of nitrogens with zero attached hydrogens (tertiary/aromatic N) is 2. The predicted molar refractivity (Wildman–Crippen MR) is 162 cm³/mol. The molecule has 0 aliphatic heterocycles. The molecule has 0 radical (unpaired) electrons. The highest BCUT2D eigenvalue weighted by Crippen LogP contribution is 2.41. The number of hydrogen-bond acceptors (Lipinski definition) is 4. The summed E-state index contributed by atoms with van der Waals surface area (Å²) < 4.78 is 6.57. The van der Waals surface area contributed by atoms with E-state index in [1.807, 2.05) is 48.7 Å². The maximum Gasteiger partial charge on any atom is 0.231 e. The molecule has 6 aromatic rings. The summed E-state index contributed by atoms with van der Waals surface area (Å²) in [6, 6.07) is 34.6. The lowest BCUT2D eigenvalue weighted by Crippen LogP contribution is -2.10. The second-order valence-corrected chi connectivity index (χ2v) is 11.3. The van der Waals surface area contributed by atoms with Gasteiger partial charge in [0, 0.05) is 28.8 Å². The molecule has 0 amide bonds. The molecule has 1 unspecified atom stereocenters. The van der Waals surface area contributed by atoms with Crippen molar-refractivity contribution in [1.29, 1.82) is 0 Å². The van der Waals surface area contributed by atoms with Crippen LogP contribution < -0.4 is 0 Å². The van der Waals surface area contributed by atoms with Crippen molar-refractivity contribution in [3.05, 3.63) is 126 Å². The van der Waals surface area contributed by atoms with Gasteiger partial charge in [-0.15, -0.1) is 0 Å². The van der Waals surface area contributed by atoms with E-state index >= 15 is 0 Å². The highest BCUT2D eigenvalue weighted by atomic mass is 16.4. The SMILES string of the molecule is CC(c1ccccc1)c1ccc(-c2cccc(-c3ccccn3)c2)c2nc(-c3cc(C(C)(C)C)ccc3O)oc12. The third-order valence-electron chi connectivity index (χ3n) is 7.57. The minimum Gasteiger partial charge on any atom is -0.507 e. The Kier molecular flexibility index (Phi) is 6.47. The maximum absolute atomic E-state index is 10.9. The van der Waals surface area contributed by atoms with E-state index in [0.29, 0.717) is 11.5 Å². The molecule has 1 atom stereocenters. The number of benzene rings is 4. The van der Waals surface area contributed by atoms with Crippen molar-refractivity contribution in [2.45, 2.75) is 39.0 Å². The lowest BCUT2D eigenvalue weighted by Gasteiger charge is -2.19. The zero-order chi connectivity index (χ0) is 27.9. The summed E-state index contributed by atoms with van der Waals surface area (Å²) in [5.74, 6) is 0.650. The van der Waals surface area contributed by atoms with Crippen molar-refractivity contribution < 1.29 is 9.52 Å². The Morgan fingerprint density at radius 1 is 0.750 bits per heavy atom. The van der Waals surface area contributed by atoms with Gasteiger partial charge in [-0.2, -0.15) is 0 Å². The molecule has 0 aliphatic carbocycles. The highest BCUT2D eigenvalue weighted by Gasteiger charge is 2.23. The van der Waals surface area contributed by atoms with Crippen LogP contribution in [0.25, 0.3) is 44.9 Å². The van der Waals surface area contributed by atoms with Crippen LogP contribution in [0.2, 0.25) is 0 Å². The molecular weight excluding hydrogens is 492 g/mol. The van der Waals surface area contributed by atoms with E-state index in [1.165, 1.54) is 5.56 Å². The van der Waals surface area contributed by atoms with Gasteiger partial charge in [-0.05, 0) is 52.4 Å². The van der Waals surface area contributed by atoms with E-state index < -0.39 is 0 Å². The lowest BCUT2D eigenvalue weighted by molar-refractivity contribution is 0.472. The number of fused-ring (bicyclic) bond motifs is 1. The second kappa shape index (κ2) is 10.1. The van der Waals surface area contributed by atoms with Crippen LogP contribution in [-0.4, -0.2) is 15.1 Å². The van der Waals surface area contributed by atoms with Gasteiger partial charge in [0.05, 0.1) is 11.3 Å². The number of phenols is 1. The number of oxazole rings is 1. The molecule has 4 aromatic carbocycles. The Balaban J connectivity index is 1.56. The molecule has 6 rings (SSSR count). The fourth-order valence-corrected chi connectivity index (χ4v) is 5.19. The minimum absolute atomic E-state index is 0.0848. The molecule has 0 fully saturated rings. The molecule has 2 aromatic heterocycles. The summed E-state index contributed by atoms with van der Waals surface area (Å²) in [5.41, 5.74) is 9.31. The average Bonchev–Trinajstić information content (AvgIpc) is 3.42. The van der Waals surface area contributed by atoms with E-state index in [0.717, 1.165) is 44.6 Å². The number of aromatic hydroxyl groups is 1. The van der Waals surface area contributed by atoms with Gasteiger partial charge in [-0.3, -0.25) is 4.98 Å². The van der Waals surface area contributed by atoms with Crippen LogP contribution in [0.3, 0.4) is 0 Å². The number of phenolic OH excluding ortho intramolecular Hbond substituents is 1. The van der Waals surface area contributed by atoms with Gasteiger partial charge in [-0.25, -0.2) is 4.98 Å². The number of pyridine rings is 1. The first kappa shape index (κ1) is 25.6. The molecule has 0 bridgehead atoms. The van der Waals surface area contributed by atoms with Crippen molar-refractivity contribution in [1.82, 2.24) is 9.97 Å². The van der Waals surface area contributed by atoms with Crippen molar-refractivity contribution in [2.75, 3.05) is 0 Å². The topological polar surface area (TPSA) is 59.2 Å². The van der Waals surface area contributed by atoms with Crippen LogP contribution in [0.4, 0.5) is 0 Å². The Labute approximate surface area is 235 Å². The molecule has 198 valence electrons. The zero-order valence-corrected chi connectivity index (χ0v) is 23.2. The molecule has 0 spiro atoms. The minimum atomic E-state index is -0.0848. The largest absolute Gasteiger partial charge is 0.507 e. The van der Waals surface area contributed by atoms with Crippen LogP contribution in [0, 0.1) is 0 Å². The number of aromatic nitrogens is 2. The monoisotopic (exact) mass is 524 g/mol. The third kappa shape index (κ3) is 4.77. The molecule has 0 aliphatic rings. The Hall–Kier alpha value is -4.70. The first-order chi connectivity index (χ1) is 19.3. The Bertz CT molecular complexity index is 1800. The molecule has 2 heterocycles. The van der Waals surface area contributed by atoms with E-state index in [9.17, 15) is 5.11 Å². The van der Waals surface area contributed by atoms with Crippen LogP contribution in [-0.2, 0) is 5.41 Å². The van der Waals surface area contributed by atoms with Crippen molar-refractivity contribution >= 4 is 11.1 Å². The lowest BCUT2D eigenvalue weighted by atomic mass is 9.86. The summed E-state index contributed by atoms with van der Waals surface area (Å²) in [5, 5.41) is 10.9. The summed E-state index contributed by atoms with van der Waals surface area (Å²) in [6.07, 6.45) is 1.81.